The van der Waals surface area contributed by atoms with Gasteiger partial charge in [-0.05, 0) is 49.0 Å². The zero-order chi connectivity index (χ0) is 13.9. The number of carbonyl (C=O) groups is 1. The minimum atomic E-state index is -0.381. The van der Waals surface area contributed by atoms with E-state index in [9.17, 15) is 4.79 Å². The standard InChI is InChI=1S/C15H27NO2S/c1-11(2)19-10-8-12-5-4-9-15(12,14(17)18-3)16-13-6-7-13/h11-13,16H,4-10H2,1-3H3. The summed E-state index contributed by atoms with van der Waals surface area (Å²) in [5.74, 6) is 1.57. The molecule has 2 aliphatic carbocycles. The van der Waals surface area contributed by atoms with Gasteiger partial charge in [0.1, 0.15) is 5.54 Å². The van der Waals surface area contributed by atoms with Crippen molar-refractivity contribution in [2.24, 2.45) is 5.92 Å². The summed E-state index contributed by atoms with van der Waals surface area (Å²) in [5.41, 5.74) is -0.381. The van der Waals surface area contributed by atoms with Gasteiger partial charge in [-0.2, -0.15) is 11.8 Å². The van der Waals surface area contributed by atoms with E-state index in [0.717, 1.165) is 31.4 Å². The average Bonchev–Trinajstić information content (AvgIpc) is 3.09. The Bertz CT molecular complexity index is 317. The second-order valence-electron chi connectivity index (χ2n) is 6.18. The second kappa shape index (κ2) is 6.49. The molecule has 0 amide bonds. The van der Waals surface area contributed by atoms with E-state index in [0.29, 0.717) is 17.2 Å². The Morgan fingerprint density at radius 3 is 2.74 bits per heavy atom. The maximum atomic E-state index is 12.3. The van der Waals surface area contributed by atoms with E-state index in [1.807, 2.05) is 11.8 Å². The molecule has 0 aromatic carbocycles. The molecule has 0 radical (unpaired) electrons. The first kappa shape index (κ1) is 15.2. The molecule has 0 saturated heterocycles. The number of methoxy groups -OCH3 is 1. The molecule has 2 atom stereocenters. The number of nitrogens with one attached hydrogen (secondary N) is 1. The Labute approximate surface area is 121 Å². The fraction of sp³-hybridized carbons (Fsp3) is 0.933. The van der Waals surface area contributed by atoms with Crippen LogP contribution in [0.1, 0.15) is 52.4 Å². The summed E-state index contributed by atoms with van der Waals surface area (Å²) in [5, 5.41) is 4.29. The van der Waals surface area contributed by atoms with Gasteiger partial charge < -0.3 is 4.74 Å². The molecule has 19 heavy (non-hydrogen) atoms. The van der Waals surface area contributed by atoms with Crippen molar-refractivity contribution in [1.82, 2.24) is 5.32 Å². The molecule has 0 bridgehead atoms. The fourth-order valence-corrected chi connectivity index (χ4v) is 4.10. The van der Waals surface area contributed by atoms with Crippen LogP contribution < -0.4 is 5.32 Å². The van der Waals surface area contributed by atoms with Crippen LogP contribution in [0.3, 0.4) is 0 Å². The van der Waals surface area contributed by atoms with E-state index in [1.165, 1.54) is 20.0 Å². The highest BCUT2D eigenvalue weighted by Gasteiger charge is 2.51. The van der Waals surface area contributed by atoms with E-state index >= 15 is 0 Å². The first-order valence-electron chi connectivity index (χ1n) is 7.56. The van der Waals surface area contributed by atoms with Crippen molar-refractivity contribution in [3.63, 3.8) is 0 Å². The normalized spacial score (nSPS) is 30.8. The molecule has 4 heteroatoms. The fourth-order valence-electron chi connectivity index (χ4n) is 3.21. The third-order valence-electron chi connectivity index (χ3n) is 4.33. The molecule has 2 rings (SSSR count). The Morgan fingerprint density at radius 2 is 2.16 bits per heavy atom. The summed E-state index contributed by atoms with van der Waals surface area (Å²) < 4.78 is 5.12. The van der Waals surface area contributed by atoms with E-state index < -0.39 is 0 Å². The number of ether oxygens (including phenoxy) is 1. The third-order valence-corrected chi connectivity index (χ3v) is 5.46. The highest BCUT2D eigenvalue weighted by Crippen LogP contribution is 2.42. The molecule has 0 aromatic rings. The first-order valence-corrected chi connectivity index (χ1v) is 8.61. The largest absolute Gasteiger partial charge is 0.468 e. The van der Waals surface area contributed by atoms with Gasteiger partial charge in [-0.25, -0.2) is 0 Å². The zero-order valence-corrected chi connectivity index (χ0v) is 13.2. The topological polar surface area (TPSA) is 38.3 Å². The van der Waals surface area contributed by atoms with Crippen molar-refractivity contribution >= 4 is 17.7 Å². The van der Waals surface area contributed by atoms with Crippen molar-refractivity contribution < 1.29 is 9.53 Å². The van der Waals surface area contributed by atoms with Crippen molar-refractivity contribution in [3.05, 3.63) is 0 Å². The van der Waals surface area contributed by atoms with Gasteiger partial charge in [0.05, 0.1) is 7.11 Å². The van der Waals surface area contributed by atoms with Crippen LogP contribution in [-0.4, -0.2) is 35.7 Å². The van der Waals surface area contributed by atoms with Crippen molar-refractivity contribution in [2.75, 3.05) is 12.9 Å². The number of thioether (sulfide) groups is 1. The highest BCUT2D eigenvalue weighted by molar-refractivity contribution is 7.99. The van der Waals surface area contributed by atoms with Gasteiger partial charge in [-0.15, -0.1) is 0 Å². The predicted molar refractivity (Wildman–Crippen MR) is 80.5 cm³/mol. The highest BCUT2D eigenvalue weighted by atomic mass is 32.2. The summed E-state index contributed by atoms with van der Waals surface area (Å²) in [6.45, 7) is 4.46. The van der Waals surface area contributed by atoms with Crippen LogP contribution in [0, 0.1) is 5.92 Å². The molecule has 2 aliphatic rings. The summed E-state index contributed by atoms with van der Waals surface area (Å²) in [4.78, 5) is 12.3. The monoisotopic (exact) mass is 285 g/mol. The van der Waals surface area contributed by atoms with Crippen LogP contribution in [0.4, 0.5) is 0 Å². The van der Waals surface area contributed by atoms with E-state index in [2.05, 4.69) is 19.2 Å². The molecule has 3 nitrogen and oxygen atoms in total. The van der Waals surface area contributed by atoms with Crippen LogP contribution in [-0.2, 0) is 9.53 Å². The molecule has 1 N–H and O–H groups in total. The molecule has 0 heterocycles. The van der Waals surface area contributed by atoms with Crippen LogP contribution in [0.25, 0.3) is 0 Å². The molecule has 0 aliphatic heterocycles. The van der Waals surface area contributed by atoms with Gasteiger partial charge in [-0.1, -0.05) is 20.3 Å². The summed E-state index contributed by atoms with van der Waals surface area (Å²) >= 11 is 1.99. The molecule has 0 aromatic heterocycles. The van der Waals surface area contributed by atoms with Crippen LogP contribution in [0.15, 0.2) is 0 Å². The Balaban J connectivity index is 1.99. The molecule has 2 saturated carbocycles. The van der Waals surface area contributed by atoms with Crippen LogP contribution in [0.5, 0.6) is 0 Å². The number of esters is 1. The zero-order valence-electron chi connectivity index (χ0n) is 12.4. The Kier molecular flexibility index (Phi) is 5.18. The van der Waals surface area contributed by atoms with Crippen molar-refractivity contribution in [1.29, 1.82) is 0 Å². The van der Waals surface area contributed by atoms with Gasteiger partial charge in [0, 0.05) is 6.04 Å². The minimum absolute atomic E-state index is 0.0311. The van der Waals surface area contributed by atoms with Crippen molar-refractivity contribution in [3.8, 4) is 0 Å². The number of rotatable bonds is 7. The summed E-state index contributed by atoms with van der Waals surface area (Å²) in [7, 11) is 1.52. The number of carbonyl (C=O) groups excluding carboxylic acids is 1. The van der Waals surface area contributed by atoms with E-state index in [4.69, 9.17) is 4.74 Å². The summed E-state index contributed by atoms with van der Waals surface area (Å²) in [6, 6.07) is 0.553. The SMILES string of the molecule is COC(=O)C1(NC2CC2)CCCC1CCSC(C)C. The lowest BCUT2D eigenvalue weighted by molar-refractivity contribution is -0.150. The van der Waals surface area contributed by atoms with Gasteiger partial charge in [0.2, 0.25) is 0 Å². The Hall–Kier alpha value is -0.220. The maximum Gasteiger partial charge on any atom is 0.326 e. The molecular formula is C15H27NO2S. The molecular weight excluding hydrogens is 258 g/mol. The van der Waals surface area contributed by atoms with Gasteiger partial charge >= 0.3 is 5.97 Å². The Morgan fingerprint density at radius 1 is 1.42 bits per heavy atom. The van der Waals surface area contributed by atoms with Gasteiger partial charge in [-0.3, -0.25) is 10.1 Å². The van der Waals surface area contributed by atoms with Crippen LogP contribution >= 0.6 is 11.8 Å². The lowest BCUT2D eigenvalue weighted by atomic mass is 9.84. The summed E-state index contributed by atoms with van der Waals surface area (Å²) in [6.07, 6.45) is 6.81. The lowest BCUT2D eigenvalue weighted by Gasteiger charge is -2.34. The quantitative estimate of drug-likeness (QED) is 0.730. The molecule has 2 unspecified atom stereocenters. The molecule has 110 valence electrons. The van der Waals surface area contributed by atoms with Crippen molar-refractivity contribution in [2.45, 2.75) is 69.2 Å². The number of hydrogen-bond acceptors (Lipinski definition) is 4. The molecule has 0 spiro atoms. The first-order chi connectivity index (χ1) is 9.08. The minimum Gasteiger partial charge on any atom is -0.468 e. The smallest absolute Gasteiger partial charge is 0.326 e. The van der Waals surface area contributed by atoms with Gasteiger partial charge in [0.25, 0.3) is 0 Å². The van der Waals surface area contributed by atoms with E-state index in [-0.39, 0.29) is 11.5 Å². The average molecular weight is 285 g/mol. The predicted octanol–water partition coefficient (Wildman–Crippen LogP) is 2.98. The number of hydrogen-bond donors (Lipinski definition) is 1. The molecule has 2 fully saturated rings. The maximum absolute atomic E-state index is 12.3. The van der Waals surface area contributed by atoms with E-state index in [1.54, 1.807) is 0 Å². The second-order valence-corrected chi connectivity index (χ2v) is 7.86. The van der Waals surface area contributed by atoms with Gasteiger partial charge in [0.15, 0.2) is 0 Å². The lowest BCUT2D eigenvalue weighted by Crippen LogP contribution is -2.56. The third kappa shape index (κ3) is 3.66. The van der Waals surface area contributed by atoms with Crippen LogP contribution in [0.2, 0.25) is 0 Å².